The summed E-state index contributed by atoms with van der Waals surface area (Å²) in [7, 11) is 0. The number of nitrogens with two attached hydrogens (primary N) is 1. The molecule has 0 saturated heterocycles. The van der Waals surface area contributed by atoms with E-state index in [1.54, 1.807) is 13.0 Å². The second-order valence-electron chi connectivity index (χ2n) is 3.94. The fourth-order valence-electron chi connectivity index (χ4n) is 1.69. The van der Waals surface area contributed by atoms with Crippen molar-refractivity contribution in [3.05, 3.63) is 56.4 Å². The average Bonchev–Trinajstić information content (AvgIpc) is 2.28. The standard InChI is InChI=1S/C12H11BrFN3O/c1-7-16-5-11(13)12(18)17(7)6-8-2-9(14)4-10(15)3-8/h2-5H,6,15H2,1H3. The molecule has 0 saturated carbocycles. The van der Waals surface area contributed by atoms with E-state index in [9.17, 15) is 9.18 Å². The van der Waals surface area contributed by atoms with Crippen LogP contribution in [-0.2, 0) is 6.54 Å². The third-order valence-electron chi connectivity index (χ3n) is 2.53. The minimum absolute atomic E-state index is 0.203. The first kappa shape index (κ1) is 12.8. The van der Waals surface area contributed by atoms with Gasteiger partial charge in [-0.15, -0.1) is 0 Å². The molecule has 0 radical (unpaired) electrons. The van der Waals surface area contributed by atoms with Crippen LogP contribution in [0.2, 0.25) is 0 Å². The van der Waals surface area contributed by atoms with E-state index in [-0.39, 0.29) is 12.1 Å². The van der Waals surface area contributed by atoms with Gasteiger partial charge in [0, 0.05) is 11.9 Å². The van der Waals surface area contributed by atoms with Gasteiger partial charge in [0.2, 0.25) is 0 Å². The van der Waals surface area contributed by atoms with E-state index in [2.05, 4.69) is 20.9 Å². The first-order chi connectivity index (χ1) is 8.47. The lowest BCUT2D eigenvalue weighted by atomic mass is 10.2. The summed E-state index contributed by atoms with van der Waals surface area (Å²) in [6, 6.07) is 4.22. The number of aromatic nitrogens is 2. The molecule has 94 valence electrons. The quantitative estimate of drug-likeness (QED) is 0.864. The van der Waals surface area contributed by atoms with Crippen LogP contribution in [0.5, 0.6) is 0 Å². The van der Waals surface area contributed by atoms with Crippen molar-refractivity contribution in [2.24, 2.45) is 0 Å². The summed E-state index contributed by atoms with van der Waals surface area (Å²) in [5.74, 6) is 0.143. The zero-order valence-corrected chi connectivity index (χ0v) is 11.2. The minimum atomic E-state index is -0.418. The summed E-state index contributed by atoms with van der Waals surface area (Å²) in [5.41, 5.74) is 6.32. The molecular weight excluding hydrogens is 301 g/mol. The molecule has 0 atom stereocenters. The van der Waals surface area contributed by atoms with Crippen LogP contribution in [-0.4, -0.2) is 9.55 Å². The second-order valence-corrected chi connectivity index (χ2v) is 4.79. The molecule has 0 amide bonds. The predicted octanol–water partition coefficient (Wildman–Crippen LogP) is 2.08. The van der Waals surface area contributed by atoms with Crippen molar-refractivity contribution in [2.45, 2.75) is 13.5 Å². The Kier molecular flexibility index (Phi) is 3.47. The highest BCUT2D eigenvalue weighted by Gasteiger charge is 2.07. The molecule has 0 bridgehead atoms. The van der Waals surface area contributed by atoms with Gasteiger partial charge in [0.15, 0.2) is 0 Å². The Morgan fingerprint density at radius 1 is 1.44 bits per heavy atom. The van der Waals surface area contributed by atoms with Crippen LogP contribution in [0, 0.1) is 12.7 Å². The van der Waals surface area contributed by atoms with Gasteiger partial charge in [-0.25, -0.2) is 9.37 Å². The molecule has 0 unspecified atom stereocenters. The number of rotatable bonds is 2. The Bertz CT molecular complexity index is 634. The van der Waals surface area contributed by atoms with E-state index in [4.69, 9.17) is 5.73 Å². The Labute approximate surface area is 111 Å². The van der Waals surface area contributed by atoms with Crippen LogP contribution in [0.1, 0.15) is 11.4 Å². The number of anilines is 1. The first-order valence-electron chi connectivity index (χ1n) is 5.24. The highest BCUT2D eigenvalue weighted by molar-refractivity contribution is 9.10. The van der Waals surface area contributed by atoms with Gasteiger partial charge in [-0.2, -0.15) is 0 Å². The fourth-order valence-corrected chi connectivity index (χ4v) is 2.00. The van der Waals surface area contributed by atoms with Gasteiger partial charge in [0.05, 0.1) is 6.54 Å². The van der Waals surface area contributed by atoms with Crippen molar-refractivity contribution in [2.75, 3.05) is 5.73 Å². The number of nitrogen functional groups attached to an aromatic ring is 1. The number of halogens is 2. The van der Waals surface area contributed by atoms with Gasteiger partial charge < -0.3 is 5.73 Å². The van der Waals surface area contributed by atoms with Crippen molar-refractivity contribution in [3.8, 4) is 0 Å². The lowest BCUT2D eigenvalue weighted by Crippen LogP contribution is -2.24. The molecule has 0 aliphatic rings. The number of aryl methyl sites for hydroxylation is 1. The van der Waals surface area contributed by atoms with Gasteiger partial charge in [-0.05, 0) is 46.6 Å². The van der Waals surface area contributed by atoms with Crippen molar-refractivity contribution < 1.29 is 4.39 Å². The average molecular weight is 312 g/mol. The molecule has 0 fully saturated rings. The molecule has 2 N–H and O–H groups in total. The molecule has 6 heteroatoms. The normalized spacial score (nSPS) is 10.6. The largest absolute Gasteiger partial charge is 0.399 e. The summed E-state index contributed by atoms with van der Waals surface area (Å²) in [6.07, 6.45) is 1.45. The van der Waals surface area contributed by atoms with Crippen LogP contribution in [0.3, 0.4) is 0 Å². The van der Waals surface area contributed by atoms with Crippen LogP contribution in [0.25, 0.3) is 0 Å². The third kappa shape index (κ3) is 2.59. The van der Waals surface area contributed by atoms with Gasteiger partial charge in [-0.1, -0.05) is 0 Å². The second kappa shape index (κ2) is 4.89. The fraction of sp³-hybridized carbons (Fsp3) is 0.167. The van der Waals surface area contributed by atoms with E-state index < -0.39 is 5.82 Å². The lowest BCUT2D eigenvalue weighted by molar-refractivity contribution is 0.621. The molecule has 18 heavy (non-hydrogen) atoms. The van der Waals surface area contributed by atoms with Crippen molar-refractivity contribution >= 4 is 21.6 Å². The van der Waals surface area contributed by atoms with E-state index in [1.807, 2.05) is 0 Å². The Morgan fingerprint density at radius 3 is 2.83 bits per heavy atom. The topological polar surface area (TPSA) is 60.9 Å². The van der Waals surface area contributed by atoms with E-state index in [0.717, 1.165) is 0 Å². The van der Waals surface area contributed by atoms with Crippen molar-refractivity contribution in [3.63, 3.8) is 0 Å². The summed E-state index contributed by atoms with van der Waals surface area (Å²) in [6.45, 7) is 1.95. The highest BCUT2D eigenvalue weighted by Crippen LogP contribution is 2.12. The maximum absolute atomic E-state index is 13.2. The predicted molar refractivity (Wildman–Crippen MR) is 70.8 cm³/mol. The van der Waals surface area contributed by atoms with Crippen LogP contribution < -0.4 is 11.3 Å². The van der Waals surface area contributed by atoms with Crippen molar-refractivity contribution in [1.82, 2.24) is 9.55 Å². The maximum atomic E-state index is 13.2. The van der Waals surface area contributed by atoms with Crippen LogP contribution >= 0.6 is 15.9 Å². The summed E-state index contributed by atoms with van der Waals surface area (Å²) in [5, 5.41) is 0. The molecular formula is C12H11BrFN3O. The summed E-state index contributed by atoms with van der Waals surface area (Å²) < 4.78 is 15.0. The van der Waals surface area contributed by atoms with Crippen LogP contribution in [0.4, 0.5) is 10.1 Å². The van der Waals surface area contributed by atoms with Crippen molar-refractivity contribution in [1.29, 1.82) is 0 Å². The monoisotopic (exact) mass is 311 g/mol. The third-order valence-corrected chi connectivity index (χ3v) is 3.07. The van der Waals surface area contributed by atoms with Gasteiger partial charge in [0.1, 0.15) is 16.1 Å². The molecule has 1 aromatic carbocycles. The van der Waals surface area contributed by atoms with E-state index >= 15 is 0 Å². The minimum Gasteiger partial charge on any atom is -0.399 e. The molecule has 1 aromatic heterocycles. The Hall–Kier alpha value is -1.69. The number of hydrogen-bond acceptors (Lipinski definition) is 3. The smallest absolute Gasteiger partial charge is 0.268 e. The first-order valence-corrected chi connectivity index (χ1v) is 6.03. The Balaban J connectivity index is 2.46. The number of benzene rings is 1. The molecule has 2 aromatic rings. The maximum Gasteiger partial charge on any atom is 0.268 e. The molecule has 0 spiro atoms. The zero-order chi connectivity index (χ0) is 13.3. The SMILES string of the molecule is Cc1ncc(Br)c(=O)n1Cc1cc(N)cc(F)c1. The number of hydrogen-bond donors (Lipinski definition) is 1. The Morgan fingerprint density at radius 2 is 2.17 bits per heavy atom. The van der Waals surface area contributed by atoms with Gasteiger partial charge in [0.25, 0.3) is 5.56 Å². The molecule has 2 rings (SSSR count). The summed E-state index contributed by atoms with van der Waals surface area (Å²) >= 11 is 3.13. The molecule has 1 heterocycles. The summed E-state index contributed by atoms with van der Waals surface area (Å²) in [4.78, 5) is 16.0. The molecule has 0 aliphatic heterocycles. The van der Waals surface area contributed by atoms with Crippen LogP contribution in [0.15, 0.2) is 33.7 Å². The zero-order valence-electron chi connectivity index (χ0n) is 9.65. The van der Waals surface area contributed by atoms with E-state index in [1.165, 1.54) is 22.9 Å². The molecule has 0 aliphatic carbocycles. The van der Waals surface area contributed by atoms with E-state index in [0.29, 0.717) is 21.5 Å². The highest BCUT2D eigenvalue weighted by atomic mass is 79.9. The molecule has 4 nitrogen and oxygen atoms in total. The van der Waals surface area contributed by atoms with Gasteiger partial charge in [-0.3, -0.25) is 9.36 Å². The number of nitrogens with zero attached hydrogens (tertiary/aromatic N) is 2. The lowest BCUT2D eigenvalue weighted by Gasteiger charge is -2.10. The van der Waals surface area contributed by atoms with Gasteiger partial charge >= 0.3 is 0 Å².